The highest BCUT2D eigenvalue weighted by atomic mass is 19.4. The van der Waals surface area contributed by atoms with Crippen molar-refractivity contribution in [2.24, 2.45) is 4.99 Å². The topological polar surface area (TPSA) is 35.9 Å². The first-order valence-corrected chi connectivity index (χ1v) is 7.41. The van der Waals surface area contributed by atoms with E-state index in [1.165, 1.54) is 23.4 Å². The number of alkyl halides is 3. The molecule has 1 aromatic carbocycles. The summed E-state index contributed by atoms with van der Waals surface area (Å²) in [7, 11) is 0. The Morgan fingerprint density at radius 1 is 1.21 bits per heavy atom. The molecule has 1 aliphatic rings. The number of nitrogens with zero attached hydrogens (tertiary/aromatic N) is 3. The summed E-state index contributed by atoms with van der Waals surface area (Å²) in [4.78, 5) is 19.7. The Hall–Kier alpha value is -2.57. The van der Waals surface area contributed by atoms with E-state index in [1.807, 2.05) is 13.8 Å². The molecule has 0 unspecified atom stereocenters. The minimum atomic E-state index is -4.40. The minimum Gasteiger partial charge on any atom is -0.330 e. The molecule has 1 aliphatic heterocycles. The molecule has 4 nitrogen and oxygen atoms in total. The predicted octanol–water partition coefficient (Wildman–Crippen LogP) is 3.82. The van der Waals surface area contributed by atoms with Crippen LogP contribution < -0.4 is 4.90 Å². The Morgan fingerprint density at radius 3 is 2.46 bits per heavy atom. The van der Waals surface area contributed by atoms with Crippen LogP contribution in [0.5, 0.6) is 0 Å². The van der Waals surface area contributed by atoms with Crippen LogP contribution in [0.1, 0.15) is 19.4 Å². The van der Waals surface area contributed by atoms with Crippen LogP contribution in [0, 0.1) is 0 Å². The van der Waals surface area contributed by atoms with Gasteiger partial charge in [0.1, 0.15) is 6.54 Å². The average Bonchev–Trinajstić information content (AvgIpc) is 2.75. The van der Waals surface area contributed by atoms with Crippen LogP contribution in [0.15, 0.2) is 53.8 Å². The van der Waals surface area contributed by atoms with Crippen molar-refractivity contribution in [2.45, 2.75) is 26.1 Å². The second kappa shape index (κ2) is 7.33. The first-order chi connectivity index (χ1) is 11.3. The summed E-state index contributed by atoms with van der Waals surface area (Å²) in [6, 6.07) is 4.40. The molecule has 7 heteroatoms. The molecule has 0 spiro atoms. The second-order valence-corrected chi connectivity index (χ2v) is 5.52. The molecule has 0 atom stereocenters. The number of aliphatic imine (C=N–C) groups is 1. The highest BCUT2D eigenvalue weighted by Gasteiger charge is 2.30. The maximum Gasteiger partial charge on any atom is 0.416 e. The van der Waals surface area contributed by atoms with Crippen molar-refractivity contribution in [1.82, 2.24) is 4.90 Å². The molecule has 0 bridgehead atoms. The van der Waals surface area contributed by atoms with E-state index in [2.05, 4.69) is 4.99 Å². The number of hydrogen-bond acceptors (Lipinski definition) is 3. The van der Waals surface area contributed by atoms with Gasteiger partial charge >= 0.3 is 6.18 Å². The number of rotatable bonds is 4. The normalized spacial score (nSPS) is 14.2. The first-order valence-electron chi connectivity index (χ1n) is 7.41. The van der Waals surface area contributed by atoms with Crippen LogP contribution in [-0.2, 0) is 11.0 Å². The number of benzene rings is 1. The highest BCUT2D eigenvalue weighted by Crippen LogP contribution is 2.31. The van der Waals surface area contributed by atoms with Crippen molar-refractivity contribution in [2.75, 3.05) is 11.4 Å². The number of anilines is 1. The van der Waals surface area contributed by atoms with Gasteiger partial charge < -0.3 is 9.80 Å². The van der Waals surface area contributed by atoms with Crippen LogP contribution >= 0.6 is 0 Å². The third-order valence-electron chi connectivity index (χ3n) is 3.35. The van der Waals surface area contributed by atoms with Gasteiger partial charge in [-0.3, -0.25) is 4.79 Å². The lowest BCUT2D eigenvalue weighted by molar-refractivity contribution is -0.137. The summed E-state index contributed by atoms with van der Waals surface area (Å²) in [5.74, 6) is -0.234. The van der Waals surface area contributed by atoms with Crippen molar-refractivity contribution in [3.63, 3.8) is 0 Å². The van der Waals surface area contributed by atoms with Crippen LogP contribution in [0.4, 0.5) is 18.9 Å². The fraction of sp³-hybridized carbons (Fsp3) is 0.294. The number of carbonyl (C=O) groups is 1. The molecular weight excluding hydrogens is 319 g/mol. The van der Waals surface area contributed by atoms with Crippen LogP contribution in [0.25, 0.3) is 0 Å². The van der Waals surface area contributed by atoms with Crippen molar-refractivity contribution in [3.05, 3.63) is 54.4 Å². The monoisotopic (exact) mass is 337 g/mol. The Morgan fingerprint density at radius 2 is 1.88 bits per heavy atom. The number of halogens is 3. The van der Waals surface area contributed by atoms with Crippen LogP contribution in [0.2, 0.25) is 0 Å². The lowest BCUT2D eigenvalue weighted by atomic mass is 10.1. The molecule has 128 valence electrons. The number of amides is 1. The molecule has 0 aromatic heterocycles. The van der Waals surface area contributed by atoms with Gasteiger partial charge in [-0.25, -0.2) is 4.99 Å². The fourth-order valence-corrected chi connectivity index (χ4v) is 2.29. The first kappa shape index (κ1) is 17.8. The van der Waals surface area contributed by atoms with Crippen LogP contribution in [0.3, 0.4) is 0 Å². The van der Waals surface area contributed by atoms with E-state index in [1.54, 1.807) is 29.5 Å². The summed E-state index contributed by atoms with van der Waals surface area (Å²) in [6.07, 6.45) is 3.90. The quantitative estimate of drug-likeness (QED) is 0.837. The second-order valence-electron chi connectivity index (χ2n) is 5.52. The molecule has 0 saturated carbocycles. The fourth-order valence-electron chi connectivity index (χ4n) is 2.29. The Bertz CT molecular complexity index is 645. The maximum atomic E-state index is 12.7. The smallest absolute Gasteiger partial charge is 0.330 e. The van der Waals surface area contributed by atoms with E-state index in [9.17, 15) is 18.0 Å². The van der Waals surface area contributed by atoms with Gasteiger partial charge in [0, 0.05) is 24.1 Å². The lowest BCUT2D eigenvalue weighted by Crippen LogP contribution is -2.42. The summed E-state index contributed by atoms with van der Waals surface area (Å²) in [5.41, 5.74) is -0.312. The van der Waals surface area contributed by atoms with Crippen molar-refractivity contribution < 1.29 is 18.0 Å². The van der Waals surface area contributed by atoms with Gasteiger partial charge in [0.2, 0.25) is 5.91 Å². The maximum absolute atomic E-state index is 12.7. The van der Waals surface area contributed by atoms with Gasteiger partial charge in [-0.1, -0.05) is 0 Å². The molecule has 0 N–H and O–H groups in total. The molecule has 1 heterocycles. The molecular formula is C17H18F3N3O. The van der Waals surface area contributed by atoms with E-state index in [0.717, 1.165) is 12.1 Å². The third kappa shape index (κ3) is 4.47. The van der Waals surface area contributed by atoms with E-state index in [4.69, 9.17) is 0 Å². The van der Waals surface area contributed by atoms with E-state index in [0.29, 0.717) is 5.69 Å². The largest absolute Gasteiger partial charge is 0.416 e. The van der Waals surface area contributed by atoms with E-state index >= 15 is 0 Å². The zero-order valence-electron chi connectivity index (χ0n) is 13.4. The SMILES string of the molecule is CC(C)N(C(=O)CN1C=CC=CN=C1)c1ccc(C(F)(F)F)cc1. The zero-order chi connectivity index (χ0) is 17.7. The highest BCUT2D eigenvalue weighted by molar-refractivity contribution is 5.96. The molecule has 0 fully saturated rings. The summed E-state index contributed by atoms with van der Waals surface area (Å²) in [5, 5.41) is 0. The third-order valence-corrected chi connectivity index (χ3v) is 3.35. The van der Waals surface area contributed by atoms with Crippen LogP contribution in [-0.4, -0.2) is 29.7 Å². The number of carbonyl (C=O) groups excluding carboxylic acids is 1. The van der Waals surface area contributed by atoms with Gasteiger partial charge in [-0.2, -0.15) is 13.2 Å². The minimum absolute atomic E-state index is 0.0425. The predicted molar refractivity (Wildman–Crippen MR) is 87.5 cm³/mol. The van der Waals surface area contributed by atoms with Gasteiger partial charge in [0.05, 0.1) is 11.9 Å². The van der Waals surface area contributed by atoms with Gasteiger partial charge in [-0.05, 0) is 50.3 Å². The molecule has 0 aliphatic carbocycles. The van der Waals surface area contributed by atoms with E-state index < -0.39 is 11.7 Å². The van der Waals surface area contributed by atoms with Crippen molar-refractivity contribution >= 4 is 17.9 Å². The summed E-state index contributed by atoms with van der Waals surface area (Å²) >= 11 is 0. The lowest BCUT2D eigenvalue weighted by Gasteiger charge is -2.28. The average molecular weight is 337 g/mol. The standard InChI is InChI=1S/C17H18F3N3O/c1-13(2)23(15-7-5-14(6-8-15)17(18,19)20)16(24)11-22-10-4-3-9-21-12-22/h3-10,12-13H,11H2,1-2H3. The Balaban J connectivity index is 2.18. The summed E-state index contributed by atoms with van der Waals surface area (Å²) in [6.45, 7) is 3.66. The van der Waals surface area contributed by atoms with Gasteiger partial charge in [0.25, 0.3) is 0 Å². The molecule has 1 amide bonds. The molecule has 1 aromatic rings. The van der Waals surface area contributed by atoms with E-state index in [-0.39, 0.29) is 18.5 Å². The zero-order valence-corrected chi connectivity index (χ0v) is 13.4. The molecule has 2 rings (SSSR count). The molecule has 24 heavy (non-hydrogen) atoms. The Labute approximate surface area is 138 Å². The molecule has 0 saturated heterocycles. The van der Waals surface area contributed by atoms with Crippen molar-refractivity contribution in [3.8, 4) is 0 Å². The Kier molecular flexibility index (Phi) is 5.43. The molecule has 0 radical (unpaired) electrons. The van der Waals surface area contributed by atoms with Crippen molar-refractivity contribution in [1.29, 1.82) is 0 Å². The summed E-state index contributed by atoms with van der Waals surface area (Å²) < 4.78 is 38.0. The van der Waals surface area contributed by atoms with Gasteiger partial charge in [0.15, 0.2) is 0 Å². The number of hydrogen-bond donors (Lipinski definition) is 0. The van der Waals surface area contributed by atoms with Gasteiger partial charge in [-0.15, -0.1) is 0 Å². The number of allylic oxidation sites excluding steroid dienone is 2.